The van der Waals surface area contributed by atoms with Crippen LogP contribution >= 0.6 is 22.9 Å². The van der Waals surface area contributed by atoms with Crippen molar-refractivity contribution in [1.29, 1.82) is 0 Å². The molecule has 0 spiro atoms. The molecule has 2 aromatic heterocycles. The first-order valence-electron chi connectivity index (χ1n) is 9.49. The number of carbonyl (C=O) groups is 1. The van der Waals surface area contributed by atoms with Crippen LogP contribution in [-0.4, -0.2) is 38.8 Å². The molecule has 4 rings (SSSR count). The minimum absolute atomic E-state index is 0.223. The molecule has 0 saturated heterocycles. The van der Waals surface area contributed by atoms with Gasteiger partial charge >= 0.3 is 5.97 Å². The molecule has 0 aliphatic heterocycles. The highest BCUT2D eigenvalue weighted by Gasteiger charge is 2.17. The molecule has 0 unspecified atom stereocenters. The van der Waals surface area contributed by atoms with Crippen molar-refractivity contribution in [3.05, 3.63) is 70.8 Å². The third-order valence-corrected chi connectivity index (χ3v) is 6.10. The van der Waals surface area contributed by atoms with Crippen molar-refractivity contribution < 1.29 is 15.0 Å². The fourth-order valence-corrected chi connectivity index (χ4v) is 4.30. The van der Waals surface area contributed by atoms with Crippen LogP contribution in [-0.2, 0) is 11.3 Å². The number of aliphatic carboxylic acids is 1. The van der Waals surface area contributed by atoms with Crippen LogP contribution in [0.15, 0.2) is 60.8 Å². The zero-order chi connectivity index (χ0) is 21.8. The number of carboxylic acids is 1. The van der Waals surface area contributed by atoms with Crippen molar-refractivity contribution in [1.82, 2.24) is 15.3 Å². The average molecular weight is 455 g/mol. The smallest absolute Gasteiger partial charge is 0.323 e. The van der Waals surface area contributed by atoms with Gasteiger partial charge in [-0.05, 0) is 17.7 Å². The maximum Gasteiger partial charge on any atom is 0.323 e. The second-order valence-electron chi connectivity index (χ2n) is 6.73. The molecule has 9 heteroatoms. The van der Waals surface area contributed by atoms with Gasteiger partial charge in [-0.3, -0.25) is 10.1 Å². The molecule has 158 valence electrons. The van der Waals surface area contributed by atoms with Crippen LogP contribution in [0.5, 0.6) is 0 Å². The molecular formula is C22H19ClN4O3S. The van der Waals surface area contributed by atoms with Gasteiger partial charge in [-0.2, -0.15) is 0 Å². The molecule has 1 atom stereocenters. The lowest BCUT2D eigenvalue weighted by molar-refractivity contribution is -0.140. The molecule has 4 aromatic rings. The van der Waals surface area contributed by atoms with E-state index in [1.807, 2.05) is 54.6 Å². The van der Waals surface area contributed by atoms with Crippen LogP contribution in [0.1, 0.15) is 5.01 Å². The summed E-state index contributed by atoms with van der Waals surface area (Å²) in [7, 11) is 0. The number of fused-ring (bicyclic) bond motifs is 1. The summed E-state index contributed by atoms with van der Waals surface area (Å²) >= 11 is 8.11. The van der Waals surface area contributed by atoms with E-state index in [1.54, 1.807) is 6.20 Å². The number of aromatic nitrogens is 2. The zero-order valence-electron chi connectivity index (χ0n) is 16.2. The van der Waals surface area contributed by atoms with E-state index in [0.717, 1.165) is 15.8 Å². The highest BCUT2D eigenvalue weighted by atomic mass is 35.5. The number of hydrogen-bond donors (Lipinski definition) is 4. The van der Waals surface area contributed by atoms with Crippen LogP contribution in [0.2, 0.25) is 5.02 Å². The number of nitrogens with one attached hydrogen (secondary N) is 2. The number of anilines is 2. The van der Waals surface area contributed by atoms with Crippen LogP contribution in [0.3, 0.4) is 0 Å². The van der Waals surface area contributed by atoms with E-state index < -0.39 is 18.6 Å². The first-order valence-corrected chi connectivity index (χ1v) is 10.7. The second-order valence-corrected chi connectivity index (χ2v) is 8.22. The minimum Gasteiger partial charge on any atom is -0.480 e. The highest BCUT2D eigenvalue weighted by Crippen LogP contribution is 2.36. The molecule has 0 saturated carbocycles. The quantitative estimate of drug-likeness (QED) is 0.314. The monoisotopic (exact) mass is 454 g/mol. The second kappa shape index (κ2) is 9.40. The Morgan fingerprint density at radius 2 is 1.94 bits per heavy atom. The number of thiazole rings is 1. The maximum atomic E-state index is 11.1. The normalized spacial score (nSPS) is 12.1. The summed E-state index contributed by atoms with van der Waals surface area (Å²) in [5.74, 6) is -0.551. The van der Waals surface area contributed by atoms with E-state index in [9.17, 15) is 4.79 Å². The lowest BCUT2D eigenvalue weighted by Crippen LogP contribution is -2.39. The molecule has 0 fully saturated rings. The Labute approximate surface area is 187 Å². The minimum atomic E-state index is -1.11. The number of halogens is 1. The average Bonchev–Trinajstić information content (AvgIpc) is 3.20. The molecule has 0 aliphatic carbocycles. The number of hydrogen-bond acceptors (Lipinski definition) is 7. The summed E-state index contributed by atoms with van der Waals surface area (Å²) in [4.78, 5) is 20.1. The van der Waals surface area contributed by atoms with Gasteiger partial charge in [0.15, 0.2) is 5.82 Å². The lowest BCUT2D eigenvalue weighted by atomic mass is 10.1. The molecule has 2 heterocycles. The highest BCUT2D eigenvalue weighted by molar-refractivity contribution is 7.18. The Kier molecular flexibility index (Phi) is 6.43. The van der Waals surface area contributed by atoms with Crippen LogP contribution in [0, 0.1) is 0 Å². The van der Waals surface area contributed by atoms with Crippen molar-refractivity contribution in [2.75, 3.05) is 11.9 Å². The molecule has 4 N–H and O–H groups in total. The molecule has 7 nitrogen and oxygen atoms in total. The van der Waals surface area contributed by atoms with Crippen LogP contribution in [0.4, 0.5) is 11.5 Å². The van der Waals surface area contributed by atoms with E-state index in [4.69, 9.17) is 21.8 Å². The SMILES string of the molecule is O=C(O)[C@H](CO)NCc1nc2c(Nc3cccc(-c4ccccc4)c3Cl)nccc2s1. The number of aliphatic hydroxyl groups excluding tert-OH is 1. The number of nitrogens with zero attached hydrogens (tertiary/aromatic N) is 2. The number of aliphatic hydroxyl groups is 1. The molecule has 0 aliphatic rings. The third kappa shape index (κ3) is 4.67. The molecule has 0 bridgehead atoms. The summed E-state index contributed by atoms with van der Waals surface area (Å²) in [6, 6.07) is 16.5. The maximum absolute atomic E-state index is 11.1. The summed E-state index contributed by atoms with van der Waals surface area (Å²) < 4.78 is 0.903. The first kappa shape index (κ1) is 21.2. The molecule has 31 heavy (non-hydrogen) atoms. The van der Waals surface area contributed by atoms with E-state index in [-0.39, 0.29) is 6.54 Å². The summed E-state index contributed by atoms with van der Waals surface area (Å²) in [6.45, 7) is -0.272. The summed E-state index contributed by atoms with van der Waals surface area (Å²) in [6.07, 6.45) is 1.68. The predicted molar refractivity (Wildman–Crippen MR) is 123 cm³/mol. The van der Waals surface area contributed by atoms with E-state index in [1.165, 1.54) is 11.3 Å². The van der Waals surface area contributed by atoms with E-state index in [2.05, 4.69) is 20.6 Å². The van der Waals surface area contributed by atoms with Gasteiger partial charge in [-0.15, -0.1) is 11.3 Å². The van der Waals surface area contributed by atoms with E-state index >= 15 is 0 Å². The number of rotatable bonds is 8. The van der Waals surface area contributed by atoms with Gasteiger partial charge in [0.05, 0.1) is 22.0 Å². The van der Waals surface area contributed by atoms with Crippen molar-refractivity contribution in [2.45, 2.75) is 12.6 Å². The standard InChI is InChI=1S/C22H19ClN4O3S/c23-19-14(13-5-2-1-3-6-13)7-4-8-15(19)26-21-20-17(9-10-24-21)31-18(27-20)11-25-16(12-28)22(29)30/h1-10,16,25,28H,11-12H2,(H,24,26)(H,29,30)/t16-/m0/s1. The molecule has 0 amide bonds. The van der Waals surface area contributed by atoms with Gasteiger partial charge in [0.25, 0.3) is 0 Å². The number of carboxylic acid groups (broad SMARTS) is 1. The molecular weight excluding hydrogens is 436 g/mol. The van der Waals surface area contributed by atoms with Gasteiger partial charge in [-0.25, -0.2) is 9.97 Å². The zero-order valence-corrected chi connectivity index (χ0v) is 17.8. The summed E-state index contributed by atoms with van der Waals surface area (Å²) in [5.41, 5.74) is 3.30. The number of pyridine rings is 1. The fraction of sp³-hybridized carbons (Fsp3) is 0.136. The van der Waals surface area contributed by atoms with Crippen molar-refractivity contribution in [2.24, 2.45) is 0 Å². The van der Waals surface area contributed by atoms with Gasteiger partial charge in [0.2, 0.25) is 0 Å². The molecule has 2 aromatic carbocycles. The van der Waals surface area contributed by atoms with Gasteiger partial charge < -0.3 is 15.5 Å². The lowest BCUT2D eigenvalue weighted by Gasteiger charge is -2.12. The topological polar surface area (TPSA) is 107 Å². The summed E-state index contributed by atoms with van der Waals surface area (Å²) in [5, 5.41) is 25.6. The van der Waals surface area contributed by atoms with Crippen molar-refractivity contribution in [3.8, 4) is 11.1 Å². The van der Waals surface area contributed by atoms with Crippen molar-refractivity contribution >= 4 is 50.6 Å². The largest absolute Gasteiger partial charge is 0.480 e. The Hall–Kier alpha value is -3.04. The van der Waals surface area contributed by atoms with Crippen LogP contribution in [0.25, 0.3) is 21.3 Å². The molecule has 0 radical (unpaired) electrons. The van der Waals surface area contributed by atoms with Crippen LogP contribution < -0.4 is 10.6 Å². The van der Waals surface area contributed by atoms with Gasteiger partial charge in [0.1, 0.15) is 16.6 Å². The fourth-order valence-electron chi connectivity index (χ4n) is 3.11. The Morgan fingerprint density at radius 3 is 2.68 bits per heavy atom. The third-order valence-electron chi connectivity index (χ3n) is 4.67. The van der Waals surface area contributed by atoms with E-state index in [0.29, 0.717) is 27.1 Å². The first-order chi connectivity index (χ1) is 15.1. The Bertz CT molecular complexity index is 1220. The van der Waals surface area contributed by atoms with Crippen molar-refractivity contribution in [3.63, 3.8) is 0 Å². The Balaban J connectivity index is 1.61. The Morgan fingerprint density at radius 1 is 1.13 bits per heavy atom. The van der Waals surface area contributed by atoms with Gasteiger partial charge in [-0.1, -0.05) is 54.1 Å². The predicted octanol–water partition coefficient (Wildman–Crippen LogP) is 4.29. The van der Waals surface area contributed by atoms with Gasteiger partial charge in [0, 0.05) is 18.3 Å². The number of benzene rings is 2.